The van der Waals surface area contributed by atoms with Gasteiger partial charge in [0.25, 0.3) is 0 Å². The lowest BCUT2D eigenvalue weighted by molar-refractivity contribution is 0.256. The Bertz CT molecular complexity index is 296. The highest BCUT2D eigenvalue weighted by Crippen LogP contribution is 2.18. The van der Waals surface area contributed by atoms with Crippen LogP contribution in [0.5, 0.6) is 5.75 Å². The summed E-state index contributed by atoms with van der Waals surface area (Å²) in [4.78, 5) is 0. The fraction of sp³-hybridized carbons (Fsp3) is 0.538. The molecule has 2 N–H and O–H groups in total. The molecule has 0 fully saturated rings. The summed E-state index contributed by atoms with van der Waals surface area (Å²) in [6.45, 7) is 7.12. The first-order valence-corrected chi connectivity index (χ1v) is 5.61. The Morgan fingerprint density at radius 1 is 1.33 bits per heavy atom. The molecule has 1 aromatic rings. The van der Waals surface area contributed by atoms with Gasteiger partial charge in [-0.3, -0.25) is 0 Å². The molecule has 0 aliphatic carbocycles. The van der Waals surface area contributed by atoms with Crippen molar-refractivity contribution in [3.05, 3.63) is 29.8 Å². The molecule has 84 valence electrons. The maximum absolute atomic E-state index is 5.81. The Labute approximate surface area is 92.4 Å². The Kier molecular flexibility index (Phi) is 4.63. The number of hydrogen-bond donors (Lipinski definition) is 1. The summed E-state index contributed by atoms with van der Waals surface area (Å²) >= 11 is 0. The summed E-state index contributed by atoms with van der Waals surface area (Å²) in [6.07, 6.45) is 1.15. The summed E-state index contributed by atoms with van der Waals surface area (Å²) in [5.41, 5.74) is 6.93. The third kappa shape index (κ3) is 3.92. The van der Waals surface area contributed by atoms with Crippen molar-refractivity contribution in [1.29, 1.82) is 0 Å². The Hall–Kier alpha value is -1.02. The summed E-state index contributed by atoms with van der Waals surface area (Å²) in [5.74, 6) is 1.52. The second-order valence-corrected chi connectivity index (χ2v) is 4.19. The van der Waals surface area contributed by atoms with E-state index in [-0.39, 0.29) is 6.04 Å². The molecular weight excluding hydrogens is 186 g/mol. The normalized spacial score (nSPS) is 14.7. The van der Waals surface area contributed by atoms with E-state index in [1.807, 2.05) is 31.2 Å². The predicted molar refractivity (Wildman–Crippen MR) is 64.0 cm³/mol. The Balaban J connectivity index is 2.58. The van der Waals surface area contributed by atoms with Crippen molar-refractivity contribution in [3.8, 4) is 5.75 Å². The number of ether oxygens (including phenoxy) is 1. The minimum absolute atomic E-state index is 0.0668. The van der Waals surface area contributed by atoms with E-state index in [9.17, 15) is 0 Å². The summed E-state index contributed by atoms with van der Waals surface area (Å²) < 4.78 is 5.69. The lowest BCUT2D eigenvalue weighted by atomic mass is 10.1. The molecule has 0 aliphatic rings. The van der Waals surface area contributed by atoms with Gasteiger partial charge < -0.3 is 10.5 Å². The lowest BCUT2D eigenvalue weighted by Gasteiger charge is -2.12. The van der Waals surface area contributed by atoms with E-state index < -0.39 is 0 Å². The number of nitrogens with two attached hydrogens (primary N) is 1. The van der Waals surface area contributed by atoms with E-state index in [1.165, 1.54) is 0 Å². The highest BCUT2D eigenvalue weighted by molar-refractivity contribution is 5.30. The maximum Gasteiger partial charge on any atom is 0.119 e. The van der Waals surface area contributed by atoms with Gasteiger partial charge in [-0.25, -0.2) is 0 Å². The monoisotopic (exact) mass is 207 g/mol. The second-order valence-electron chi connectivity index (χ2n) is 4.19. The molecule has 0 saturated carbocycles. The Morgan fingerprint density at radius 2 is 2.07 bits per heavy atom. The van der Waals surface area contributed by atoms with Crippen LogP contribution in [0.15, 0.2) is 24.3 Å². The predicted octanol–water partition coefficient (Wildman–Crippen LogP) is 3.13. The van der Waals surface area contributed by atoms with Gasteiger partial charge in [0.2, 0.25) is 0 Å². The van der Waals surface area contributed by atoms with Crippen LogP contribution in [-0.2, 0) is 0 Å². The van der Waals surface area contributed by atoms with Gasteiger partial charge in [0, 0.05) is 6.04 Å². The molecule has 0 spiro atoms. The van der Waals surface area contributed by atoms with Crippen molar-refractivity contribution in [2.75, 3.05) is 6.61 Å². The molecule has 1 rings (SSSR count). The molecule has 0 aliphatic heterocycles. The van der Waals surface area contributed by atoms with Gasteiger partial charge in [-0.05, 0) is 30.5 Å². The van der Waals surface area contributed by atoms with Gasteiger partial charge >= 0.3 is 0 Å². The molecule has 0 radical (unpaired) electrons. The van der Waals surface area contributed by atoms with Crippen LogP contribution < -0.4 is 10.5 Å². The van der Waals surface area contributed by atoms with E-state index in [0.29, 0.717) is 5.92 Å². The molecule has 0 saturated heterocycles. The van der Waals surface area contributed by atoms with Crippen LogP contribution in [-0.4, -0.2) is 6.61 Å². The molecule has 0 bridgehead atoms. The molecular formula is C13H21NO. The van der Waals surface area contributed by atoms with Crippen LogP contribution in [0.2, 0.25) is 0 Å². The highest BCUT2D eigenvalue weighted by Gasteiger charge is 2.03. The molecule has 1 unspecified atom stereocenters. The van der Waals surface area contributed by atoms with Crippen molar-refractivity contribution >= 4 is 0 Å². The smallest absolute Gasteiger partial charge is 0.119 e. The van der Waals surface area contributed by atoms with Gasteiger partial charge in [0.05, 0.1) is 6.61 Å². The van der Waals surface area contributed by atoms with Crippen LogP contribution in [0.25, 0.3) is 0 Å². The van der Waals surface area contributed by atoms with Crippen molar-refractivity contribution < 1.29 is 4.74 Å². The fourth-order valence-corrected chi connectivity index (χ4v) is 1.24. The number of hydrogen-bond acceptors (Lipinski definition) is 2. The van der Waals surface area contributed by atoms with Crippen LogP contribution in [0, 0.1) is 5.92 Å². The van der Waals surface area contributed by atoms with Gasteiger partial charge in [-0.15, -0.1) is 0 Å². The maximum atomic E-state index is 5.81. The van der Waals surface area contributed by atoms with Gasteiger partial charge in [-0.2, -0.15) is 0 Å². The molecule has 0 heterocycles. The van der Waals surface area contributed by atoms with Crippen molar-refractivity contribution in [3.63, 3.8) is 0 Å². The minimum Gasteiger partial charge on any atom is -0.493 e. The zero-order valence-corrected chi connectivity index (χ0v) is 9.86. The first-order chi connectivity index (χ1) is 7.13. The summed E-state index contributed by atoms with van der Waals surface area (Å²) in [5, 5.41) is 0. The van der Waals surface area contributed by atoms with Crippen molar-refractivity contribution in [1.82, 2.24) is 0 Å². The molecule has 2 heteroatoms. The topological polar surface area (TPSA) is 35.2 Å². The molecule has 0 aromatic heterocycles. The van der Waals surface area contributed by atoms with Crippen LogP contribution in [0.1, 0.15) is 38.8 Å². The zero-order valence-electron chi connectivity index (χ0n) is 9.86. The van der Waals surface area contributed by atoms with E-state index in [2.05, 4.69) is 13.8 Å². The zero-order chi connectivity index (χ0) is 11.3. The molecule has 2 atom stereocenters. The Morgan fingerprint density at radius 3 is 2.67 bits per heavy atom. The van der Waals surface area contributed by atoms with E-state index in [1.54, 1.807) is 0 Å². The quantitative estimate of drug-likeness (QED) is 0.805. The van der Waals surface area contributed by atoms with E-state index in [0.717, 1.165) is 24.3 Å². The number of benzene rings is 1. The van der Waals surface area contributed by atoms with Crippen molar-refractivity contribution in [2.45, 2.75) is 33.2 Å². The van der Waals surface area contributed by atoms with Gasteiger partial charge in [0.15, 0.2) is 0 Å². The van der Waals surface area contributed by atoms with Crippen LogP contribution in [0.4, 0.5) is 0 Å². The van der Waals surface area contributed by atoms with E-state index in [4.69, 9.17) is 10.5 Å². The van der Waals surface area contributed by atoms with Crippen molar-refractivity contribution in [2.24, 2.45) is 11.7 Å². The molecule has 0 amide bonds. The molecule has 1 aromatic carbocycles. The average Bonchev–Trinajstić information content (AvgIpc) is 2.26. The number of rotatable bonds is 5. The SMILES string of the molecule is CCC(C)COc1cccc([C@H](C)N)c1. The molecule has 2 nitrogen and oxygen atoms in total. The van der Waals surface area contributed by atoms with Crippen LogP contribution >= 0.6 is 0 Å². The summed E-state index contributed by atoms with van der Waals surface area (Å²) in [7, 11) is 0. The van der Waals surface area contributed by atoms with Crippen LogP contribution in [0.3, 0.4) is 0 Å². The average molecular weight is 207 g/mol. The summed E-state index contributed by atoms with van der Waals surface area (Å²) in [6, 6.07) is 8.09. The second kappa shape index (κ2) is 5.76. The lowest BCUT2D eigenvalue weighted by Crippen LogP contribution is -2.08. The highest BCUT2D eigenvalue weighted by atomic mass is 16.5. The molecule has 15 heavy (non-hydrogen) atoms. The third-order valence-electron chi connectivity index (χ3n) is 2.62. The first kappa shape index (κ1) is 12.1. The standard InChI is InChI=1S/C13H21NO/c1-4-10(2)9-15-13-7-5-6-12(8-13)11(3)14/h5-8,10-11H,4,9,14H2,1-3H3/t10?,11-/m0/s1. The van der Waals surface area contributed by atoms with Gasteiger partial charge in [-0.1, -0.05) is 32.4 Å². The largest absolute Gasteiger partial charge is 0.493 e. The van der Waals surface area contributed by atoms with E-state index >= 15 is 0 Å². The minimum atomic E-state index is 0.0668. The first-order valence-electron chi connectivity index (χ1n) is 5.61. The van der Waals surface area contributed by atoms with Gasteiger partial charge in [0.1, 0.15) is 5.75 Å². The fourth-order valence-electron chi connectivity index (χ4n) is 1.24. The third-order valence-corrected chi connectivity index (χ3v) is 2.62.